The molecule has 0 spiro atoms. The van der Waals surface area contributed by atoms with Crippen molar-refractivity contribution in [3.63, 3.8) is 0 Å². The van der Waals surface area contributed by atoms with E-state index in [-0.39, 0.29) is 58.5 Å². The number of hydrogen-bond donors (Lipinski definition) is 3. The van der Waals surface area contributed by atoms with Gasteiger partial charge in [-0.3, -0.25) is 19.3 Å². The predicted octanol–water partition coefficient (Wildman–Crippen LogP) is 9.21. The SMILES string of the molecule is C=C(C)[C@@H]1CC[C@]2(C(=O)N(CCCCCCCN)C(=O)[C@@H](Cc3ccccc3)C(=O)O)CC[C@]3(C)[C@H](CCC4[C@@]5(C)CC[C@H](O)C(C)(C)[C@@H]5CC[C@]43C)[C@@H]12. The van der Waals surface area contributed by atoms with Crippen LogP contribution in [-0.4, -0.2) is 52.1 Å². The lowest BCUT2D eigenvalue weighted by Crippen LogP contribution is -2.67. The zero-order valence-corrected chi connectivity index (χ0v) is 34.5. The van der Waals surface area contributed by atoms with E-state index in [4.69, 9.17) is 5.73 Å². The van der Waals surface area contributed by atoms with Crippen molar-refractivity contribution in [3.05, 3.63) is 48.0 Å². The highest BCUT2D eigenvalue weighted by molar-refractivity contribution is 6.06. The molecule has 1 aromatic rings. The molecular formula is C47H72N2O5. The number of benzene rings is 1. The van der Waals surface area contributed by atoms with Gasteiger partial charge in [0, 0.05) is 6.54 Å². The fraction of sp³-hybridized carbons (Fsp3) is 0.766. The van der Waals surface area contributed by atoms with E-state index in [1.165, 1.54) is 4.90 Å². The highest BCUT2D eigenvalue weighted by Crippen LogP contribution is 2.77. The maximum absolute atomic E-state index is 15.6. The lowest BCUT2D eigenvalue weighted by Gasteiger charge is -2.72. The molecule has 0 radical (unpaired) electrons. The molecular weight excluding hydrogens is 673 g/mol. The lowest BCUT2D eigenvalue weighted by atomic mass is 9.32. The van der Waals surface area contributed by atoms with Gasteiger partial charge in [0.05, 0.1) is 11.5 Å². The summed E-state index contributed by atoms with van der Waals surface area (Å²) in [5.74, 6) is -1.54. The van der Waals surface area contributed by atoms with Crippen molar-refractivity contribution in [1.29, 1.82) is 0 Å². The Balaban J connectivity index is 1.35. The van der Waals surface area contributed by atoms with Crippen LogP contribution in [0.15, 0.2) is 42.5 Å². The van der Waals surface area contributed by atoms with Gasteiger partial charge in [-0.15, -0.1) is 0 Å². The smallest absolute Gasteiger partial charge is 0.316 e. The van der Waals surface area contributed by atoms with Crippen molar-refractivity contribution >= 4 is 17.8 Å². The van der Waals surface area contributed by atoms with Crippen LogP contribution in [0.5, 0.6) is 0 Å². The van der Waals surface area contributed by atoms with Crippen molar-refractivity contribution in [2.75, 3.05) is 13.1 Å². The highest BCUT2D eigenvalue weighted by Gasteiger charge is 2.72. The fourth-order valence-electron chi connectivity index (χ4n) is 14.3. The number of imide groups is 1. The van der Waals surface area contributed by atoms with Gasteiger partial charge in [-0.2, -0.15) is 0 Å². The summed E-state index contributed by atoms with van der Waals surface area (Å²) in [5.41, 5.74) is 7.12. The van der Waals surface area contributed by atoms with E-state index in [9.17, 15) is 19.8 Å². The molecule has 1 unspecified atom stereocenters. The number of carbonyl (C=O) groups excluding carboxylic acids is 2. The van der Waals surface area contributed by atoms with Crippen molar-refractivity contribution in [1.82, 2.24) is 4.90 Å². The molecule has 0 bridgehead atoms. The van der Waals surface area contributed by atoms with Crippen molar-refractivity contribution < 1.29 is 24.6 Å². The number of hydrogen-bond acceptors (Lipinski definition) is 5. The first-order valence-corrected chi connectivity index (χ1v) is 21.7. The summed E-state index contributed by atoms with van der Waals surface area (Å²) in [6.07, 6.45) is 13.9. The third kappa shape index (κ3) is 6.63. The zero-order chi connectivity index (χ0) is 39.3. The Kier molecular flexibility index (Phi) is 11.8. The number of nitrogens with two attached hydrogens (primary N) is 1. The van der Waals surface area contributed by atoms with Crippen LogP contribution in [0.4, 0.5) is 0 Å². The summed E-state index contributed by atoms with van der Waals surface area (Å²) < 4.78 is 0. The summed E-state index contributed by atoms with van der Waals surface area (Å²) in [4.78, 5) is 44.5. The Morgan fingerprint density at radius 1 is 0.833 bits per heavy atom. The van der Waals surface area contributed by atoms with E-state index >= 15 is 4.79 Å². The second kappa shape index (κ2) is 15.4. The number of aliphatic hydroxyl groups excluding tert-OH is 1. The molecule has 0 aromatic heterocycles. The summed E-state index contributed by atoms with van der Waals surface area (Å²) in [7, 11) is 0. The second-order valence-electron chi connectivity index (χ2n) is 20.1. The van der Waals surface area contributed by atoms with Gasteiger partial charge in [0.25, 0.3) is 0 Å². The number of nitrogens with zero attached hydrogens (tertiary/aromatic N) is 1. The summed E-state index contributed by atoms with van der Waals surface area (Å²) in [6.45, 7) is 19.9. The van der Waals surface area contributed by atoms with Crippen LogP contribution < -0.4 is 5.73 Å². The molecule has 5 fully saturated rings. The van der Waals surface area contributed by atoms with Crippen LogP contribution in [0, 0.1) is 62.6 Å². The van der Waals surface area contributed by atoms with Crippen LogP contribution in [0.1, 0.15) is 143 Å². The Hall–Kier alpha value is -2.51. The Bertz CT molecular complexity index is 1560. The second-order valence-corrected chi connectivity index (χ2v) is 20.1. The molecule has 0 saturated heterocycles. The maximum Gasteiger partial charge on any atom is 0.316 e. The summed E-state index contributed by atoms with van der Waals surface area (Å²) >= 11 is 0. The first-order chi connectivity index (χ1) is 25.5. The molecule has 6 rings (SSSR count). The molecule has 0 heterocycles. The van der Waals surface area contributed by atoms with Gasteiger partial charge < -0.3 is 15.9 Å². The number of rotatable bonds is 13. The van der Waals surface area contributed by atoms with Crippen molar-refractivity contribution in [2.24, 2.45) is 68.3 Å². The molecule has 2 amide bonds. The first-order valence-electron chi connectivity index (χ1n) is 21.7. The van der Waals surface area contributed by atoms with Gasteiger partial charge in [-0.05, 0) is 154 Å². The van der Waals surface area contributed by atoms with Gasteiger partial charge >= 0.3 is 5.97 Å². The standard InChI is InChI=1S/C47H72N2O5/c1-31(2)33-20-25-47(42(54)49(29-15-10-8-9-14-28-48)40(51)34(41(52)53)30-32-16-12-11-13-17-32)27-26-45(6)35(39(33)47)18-19-37-44(5)23-22-38(50)43(3,4)36(44)21-24-46(37,45)7/h11-13,16-17,33-39,50H,1,8-10,14-15,18-30,48H2,2-7H3,(H,52,53)/t33-,34+,35+,36-,37?,38-,39+,44-,45+,46+,47-/m0/s1. The molecule has 0 aliphatic heterocycles. The van der Waals surface area contributed by atoms with E-state index < -0.39 is 23.2 Å². The number of aliphatic carboxylic acids is 1. The molecule has 5 aliphatic carbocycles. The number of fused-ring (bicyclic) bond motifs is 7. The topological polar surface area (TPSA) is 121 Å². The molecule has 11 atom stereocenters. The van der Waals surface area contributed by atoms with E-state index in [0.717, 1.165) is 101 Å². The number of unbranched alkanes of at least 4 members (excludes halogenated alkanes) is 4. The van der Waals surface area contributed by atoms with Crippen molar-refractivity contribution in [3.8, 4) is 0 Å². The van der Waals surface area contributed by atoms with Crippen molar-refractivity contribution in [2.45, 2.75) is 150 Å². The summed E-state index contributed by atoms with van der Waals surface area (Å²) in [6, 6.07) is 9.33. The molecule has 4 N–H and O–H groups in total. The number of amides is 2. The maximum atomic E-state index is 15.6. The molecule has 7 nitrogen and oxygen atoms in total. The Morgan fingerprint density at radius 3 is 2.19 bits per heavy atom. The molecule has 7 heteroatoms. The number of carbonyl (C=O) groups is 3. The number of allylic oxidation sites excluding steroid dienone is 1. The van der Waals surface area contributed by atoms with Gasteiger partial charge in [-0.25, -0.2) is 0 Å². The lowest BCUT2D eigenvalue weighted by molar-refractivity contribution is -0.247. The van der Waals surface area contributed by atoms with Crippen LogP contribution in [0.3, 0.4) is 0 Å². The van der Waals surface area contributed by atoms with E-state index in [1.54, 1.807) is 0 Å². The summed E-state index contributed by atoms with van der Waals surface area (Å²) in [5, 5.41) is 21.7. The Labute approximate surface area is 326 Å². The minimum absolute atomic E-state index is 0.0192. The van der Waals surface area contributed by atoms with Crippen LogP contribution in [0.25, 0.3) is 0 Å². The third-order valence-corrected chi connectivity index (χ3v) is 17.4. The normalized spacial score (nSPS) is 38.6. The monoisotopic (exact) mass is 745 g/mol. The molecule has 5 saturated carbocycles. The van der Waals surface area contributed by atoms with Crippen LogP contribution in [-0.2, 0) is 20.8 Å². The number of carboxylic acid groups (broad SMARTS) is 1. The van der Waals surface area contributed by atoms with E-state index in [0.29, 0.717) is 30.7 Å². The molecule has 5 aliphatic rings. The predicted molar refractivity (Wildman–Crippen MR) is 215 cm³/mol. The molecule has 54 heavy (non-hydrogen) atoms. The van der Waals surface area contributed by atoms with Gasteiger partial charge in [-0.1, -0.05) is 96.4 Å². The fourth-order valence-corrected chi connectivity index (χ4v) is 14.3. The van der Waals surface area contributed by atoms with E-state index in [1.807, 2.05) is 30.3 Å². The molecule has 1 aromatic carbocycles. The number of aliphatic hydroxyl groups is 1. The zero-order valence-electron chi connectivity index (χ0n) is 34.5. The Morgan fingerprint density at radius 2 is 1.52 bits per heavy atom. The largest absolute Gasteiger partial charge is 0.481 e. The highest BCUT2D eigenvalue weighted by atomic mass is 16.4. The minimum atomic E-state index is -1.32. The van der Waals surface area contributed by atoms with E-state index in [2.05, 4.69) is 48.1 Å². The quantitative estimate of drug-likeness (QED) is 0.105. The van der Waals surface area contributed by atoms with Crippen LogP contribution in [0.2, 0.25) is 0 Å². The molecule has 300 valence electrons. The average molecular weight is 745 g/mol. The van der Waals surface area contributed by atoms with Gasteiger partial charge in [0.15, 0.2) is 0 Å². The number of carboxylic acids is 1. The average Bonchev–Trinajstić information content (AvgIpc) is 3.53. The van der Waals surface area contributed by atoms with Gasteiger partial charge in [0.2, 0.25) is 11.8 Å². The minimum Gasteiger partial charge on any atom is -0.481 e. The third-order valence-electron chi connectivity index (χ3n) is 17.4. The van der Waals surface area contributed by atoms with Crippen LogP contribution >= 0.6 is 0 Å². The first kappa shape index (κ1) is 41.1. The van der Waals surface area contributed by atoms with Gasteiger partial charge in [0.1, 0.15) is 5.92 Å².